The van der Waals surface area contributed by atoms with Crippen molar-refractivity contribution in [1.29, 1.82) is 0 Å². The Balaban J connectivity index is 2.11. The molecule has 25 heavy (non-hydrogen) atoms. The third-order valence-corrected chi connectivity index (χ3v) is 5.49. The summed E-state index contributed by atoms with van der Waals surface area (Å²) in [5.74, 6) is 0.875. The summed E-state index contributed by atoms with van der Waals surface area (Å²) in [6, 6.07) is 3.69. The number of nitrogen functional groups attached to an aromatic ring is 1. The van der Waals surface area contributed by atoms with Gasteiger partial charge in [-0.3, -0.25) is 4.90 Å². The number of benzene rings is 2. The molecule has 1 aliphatic carbocycles. The molecule has 0 saturated carbocycles. The molecule has 0 fully saturated rings. The van der Waals surface area contributed by atoms with Crippen molar-refractivity contribution in [2.75, 3.05) is 33.5 Å². The van der Waals surface area contributed by atoms with E-state index in [-0.39, 0.29) is 17.5 Å². The van der Waals surface area contributed by atoms with Gasteiger partial charge in [0.15, 0.2) is 23.0 Å². The first-order valence-corrected chi connectivity index (χ1v) is 8.29. The fourth-order valence-corrected chi connectivity index (χ4v) is 4.21. The Labute approximate surface area is 146 Å². The first-order chi connectivity index (χ1) is 12.0. The lowest BCUT2D eigenvalue weighted by Crippen LogP contribution is -2.36. The summed E-state index contributed by atoms with van der Waals surface area (Å²) >= 11 is 0. The van der Waals surface area contributed by atoms with E-state index in [1.54, 1.807) is 6.07 Å². The maximum Gasteiger partial charge on any atom is 0.182 e. The summed E-state index contributed by atoms with van der Waals surface area (Å²) in [5.41, 5.74) is 11.5. The van der Waals surface area contributed by atoms with Crippen LogP contribution in [0.25, 0.3) is 11.1 Å². The van der Waals surface area contributed by atoms with Crippen molar-refractivity contribution in [3.63, 3.8) is 0 Å². The highest BCUT2D eigenvalue weighted by Gasteiger charge is 2.38. The van der Waals surface area contributed by atoms with Crippen molar-refractivity contribution < 1.29 is 19.7 Å². The molecule has 2 aromatic carbocycles. The zero-order valence-corrected chi connectivity index (χ0v) is 14.6. The van der Waals surface area contributed by atoms with Gasteiger partial charge in [-0.25, -0.2) is 0 Å². The van der Waals surface area contributed by atoms with E-state index in [1.165, 1.54) is 14.2 Å². The Morgan fingerprint density at radius 1 is 1.20 bits per heavy atom. The monoisotopic (exact) mass is 342 g/mol. The summed E-state index contributed by atoms with van der Waals surface area (Å²) in [7, 11) is 5.14. The SMILES string of the molecule is COc1cc2c(cc1O)C[C@H]1c3c(c(N)c(O)c(OC)c3-2)CCN1C. The largest absolute Gasteiger partial charge is 0.504 e. The number of methoxy groups -OCH3 is 2. The van der Waals surface area contributed by atoms with Gasteiger partial charge in [0.1, 0.15) is 0 Å². The number of rotatable bonds is 2. The average molecular weight is 342 g/mol. The molecule has 132 valence electrons. The molecule has 0 amide bonds. The fourth-order valence-electron chi connectivity index (χ4n) is 4.21. The van der Waals surface area contributed by atoms with E-state index in [0.29, 0.717) is 17.2 Å². The van der Waals surface area contributed by atoms with Crippen LogP contribution in [-0.2, 0) is 12.8 Å². The lowest BCUT2D eigenvalue weighted by Gasteiger charge is -2.41. The van der Waals surface area contributed by atoms with Crippen molar-refractivity contribution in [2.24, 2.45) is 0 Å². The molecule has 4 rings (SSSR count). The van der Waals surface area contributed by atoms with Gasteiger partial charge in [0.2, 0.25) is 0 Å². The van der Waals surface area contributed by atoms with Gasteiger partial charge < -0.3 is 25.4 Å². The molecule has 4 N–H and O–H groups in total. The Morgan fingerprint density at radius 3 is 2.64 bits per heavy atom. The first kappa shape index (κ1) is 15.9. The third kappa shape index (κ3) is 2.07. The molecule has 1 aliphatic heterocycles. The van der Waals surface area contributed by atoms with Gasteiger partial charge in [0.05, 0.1) is 19.9 Å². The number of aromatic hydroxyl groups is 2. The predicted molar refractivity (Wildman–Crippen MR) is 95.5 cm³/mol. The topological polar surface area (TPSA) is 88.2 Å². The minimum absolute atomic E-state index is 0.0144. The zero-order chi connectivity index (χ0) is 17.9. The van der Waals surface area contributed by atoms with Crippen molar-refractivity contribution in [3.8, 4) is 34.1 Å². The van der Waals surface area contributed by atoms with Crippen molar-refractivity contribution in [1.82, 2.24) is 4.90 Å². The molecule has 0 unspecified atom stereocenters. The van der Waals surface area contributed by atoms with Gasteiger partial charge in [-0.15, -0.1) is 0 Å². The van der Waals surface area contributed by atoms with E-state index in [4.69, 9.17) is 15.2 Å². The summed E-state index contributed by atoms with van der Waals surface area (Å²) in [5, 5.41) is 20.8. The second-order valence-electron chi connectivity index (χ2n) is 6.69. The van der Waals surface area contributed by atoms with Gasteiger partial charge in [0.25, 0.3) is 0 Å². The summed E-state index contributed by atoms with van der Waals surface area (Å²) < 4.78 is 10.8. The van der Waals surface area contributed by atoms with Crippen LogP contribution in [0.1, 0.15) is 22.7 Å². The number of hydrogen-bond acceptors (Lipinski definition) is 6. The first-order valence-electron chi connectivity index (χ1n) is 8.29. The van der Waals surface area contributed by atoms with Gasteiger partial charge in [-0.05, 0) is 54.3 Å². The number of fused-ring (bicyclic) bond motifs is 2. The molecule has 6 heteroatoms. The number of ether oxygens (including phenoxy) is 2. The smallest absolute Gasteiger partial charge is 0.182 e. The van der Waals surface area contributed by atoms with Crippen LogP contribution in [0.3, 0.4) is 0 Å². The standard InChI is InChI=1S/C19H22N2O4/c1-21-5-4-10-15-12(21)6-9-7-13(22)14(24-2)8-11(9)16(15)19(25-3)18(23)17(10)20/h7-8,12,22-23H,4-6,20H2,1-3H3/t12-/m0/s1. The van der Waals surface area contributed by atoms with Gasteiger partial charge in [0, 0.05) is 18.2 Å². The van der Waals surface area contributed by atoms with Gasteiger partial charge >= 0.3 is 0 Å². The van der Waals surface area contributed by atoms with E-state index in [0.717, 1.165) is 47.2 Å². The third-order valence-electron chi connectivity index (χ3n) is 5.49. The quantitative estimate of drug-likeness (QED) is 0.574. The molecular weight excluding hydrogens is 320 g/mol. The highest BCUT2D eigenvalue weighted by molar-refractivity contribution is 5.89. The van der Waals surface area contributed by atoms with Crippen molar-refractivity contribution >= 4 is 5.69 Å². The highest BCUT2D eigenvalue weighted by atomic mass is 16.5. The normalized spacial score (nSPS) is 18.4. The summed E-state index contributed by atoms with van der Waals surface area (Å²) in [6.07, 6.45) is 1.54. The van der Waals surface area contributed by atoms with Crippen LogP contribution in [0.4, 0.5) is 5.69 Å². The minimum atomic E-state index is -0.0144. The van der Waals surface area contributed by atoms with Gasteiger partial charge in [-0.1, -0.05) is 0 Å². The van der Waals surface area contributed by atoms with Crippen LogP contribution < -0.4 is 15.2 Å². The maximum absolute atomic E-state index is 10.6. The van der Waals surface area contributed by atoms with E-state index in [9.17, 15) is 10.2 Å². The number of hydrogen-bond donors (Lipinski definition) is 3. The average Bonchev–Trinajstić information content (AvgIpc) is 2.60. The van der Waals surface area contributed by atoms with E-state index >= 15 is 0 Å². The molecule has 1 heterocycles. The fraction of sp³-hybridized carbons (Fsp3) is 0.368. The second kappa shape index (κ2) is 5.46. The molecule has 2 aliphatic rings. The van der Waals surface area contributed by atoms with Crippen molar-refractivity contribution in [3.05, 3.63) is 28.8 Å². The number of anilines is 1. The molecule has 0 spiro atoms. The van der Waals surface area contributed by atoms with Crippen LogP contribution in [0, 0.1) is 0 Å². The number of likely N-dealkylation sites (N-methyl/N-ethyl adjacent to an activating group) is 1. The number of phenols is 2. The number of nitrogens with two attached hydrogens (primary N) is 1. The Kier molecular flexibility index (Phi) is 3.47. The molecule has 0 bridgehead atoms. The van der Waals surface area contributed by atoms with Crippen LogP contribution in [0.5, 0.6) is 23.0 Å². The molecule has 0 aromatic heterocycles. The lowest BCUT2D eigenvalue weighted by molar-refractivity contribution is 0.227. The van der Waals surface area contributed by atoms with Crippen LogP contribution in [0.2, 0.25) is 0 Å². The maximum atomic E-state index is 10.6. The van der Waals surface area contributed by atoms with Crippen LogP contribution >= 0.6 is 0 Å². The lowest BCUT2D eigenvalue weighted by atomic mass is 9.76. The summed E-state index contributed by atoms with van der Waals surface area (Å²) in [4.78, 5) is 2.28. The zero-order valence-electron chi connectivity index (χ0n) is 14.6. The van der Waals surface area contributed by atoms with Crippen LogP contribution in [0.15, 0.2) is 12.1 Å². The molecule has 0 radical (unpaired) electrons. The highest BCUT2D eigenvalue weighted by Crippen LogP contribution is 2.55. The predicted octanol–water partition coefficient (Wildman–Crippen LogP) is 2.45. The van der Waals surface area contributed by atoms with E-state index < -0.39 is 0 Å². The summed E-state index contributed by atoms with van der Waals surface area (Å²) in [6.45, 7) is 0.866. The molecule has 0 saturated heterocycles. The van der Waals surface area contributed by atoms with E-state index in [2.05, 4.69) is 11.9 Å². The molecular formula is C19H22N2O4. The Bertz CT molecular complexity index is 879. The molecule has 2 aromatic rings. The van der Waals surface area contributed by atoms with Crippen molar-refractivity contribution in [2.45, 2.75) is 18.9 Å². The number of phenolic OH excluding ortho intramolecular Hbond substituents is 2. The number of nitrogens with zero attached hydrogens (tertiary/aromatic N) is 1. The van der Waals surface area contributed by atoms with Gasteiger partial charge in [-0.2, -0.15) is 0 Å². The molecule has 1 atom stereocenters. The van der Waals surface area contributed by atoms with Crippen LogP contribution in [-0.4, -0.2) is 42.9 Å². The Hall–Kier alpha value is -2.60. The Morgan fingerprint density at radius 2 is 1.96 bits per heavy atom. The second-order valence-corrected chi connectivity index (χ2v) is 6.69. The molecule has 6 nitrogen and oxygen atoms in total. The minimum Gasteiger partial charge on any atom is -0.504 e. The van der Waals surface area contributed by atoms with E-state index in [1.807, 2.05) is 6.07 Å².